The summed E-state index contributed by atoms with van der Waals surface area (Å²) in [7, 11) is 0. The number of carbonyl (C=O) groups is 3. The topological polar surface area (TPSA) is 79.4 Å². The number of likely N-dealkylation sites (tertiary alicyclic amines) is 1. The van der Waals surface area contributed by atoms with Crippen LogP contribution in [0.4, 0.5) is 5.69 Å². The Hall–Kier alpha value is -2.67. The minimum Gasteiger partial charge on any atom is -0.326 e. The lowest BCUT2D eigenvalue weighted by molar-refractivity contribution is -0.138. The highest BCUT2D eigenvalue weighted by molar-refractivity contribution is 7.98. The number of pyridine rings is 1. The summed E-state index contributed by atoms with van der Waals surface area (Å²) < 4.78 is 0. The molecule has 0 aliphatic carbocycles. The molecule has 3 rings (SSSR count). The zero-order valence-corrected chi connectivity index (χ0v) is 15.0. The zero-order valence-electron chi connectivity index (χ0n) is 14.2. The highest BCUT2D eigenvalue weighted by atomic mass is 32.2. The molecule has 3 amide bonds. The van der Waals surface area contributed by atoms with Gasteiger partial charge >= 0.3 is 0 Å². The molecule has 1 aromatic carbocycles. The van der Waals surface area contributed by atoms with Gasteiger partial charge in [0.1, 0.15) is 0 Å². The van der Waals surface area contributed by atoms with Crippen molar-refractivity contribution in [1.29, 1.82) is 0 Å². The number of aromatic nitrogens is 1. The molecule has 0 bridgehead atoms. The van der Waals surface area contributed by atoms with Crippen LogP contribution in [0.2, 0.25) is 0 Å². The van der Waals surface area contributed by atoms with E-state index in [2.05, 4.69) is 10.3 Å². The van der Waals surface area contributed by atoms with Gasteiger partial charge in [-0.1, -0.05) is 6.07 Å². The van der Waals surface area contributed by atoms with Gasteiger partial charge in [0.2, 0.25) is 17.7 Å². The van der Waals surface area contributed by atoms with Gasteiger partial charge in [-0.15, -0.1) is 11.8 Å². The van der Waals surface area contributed by atoms with Gasteiger partial charge in [0.05, 0.1) is 0 Å². The third-order valence-electron chi connectivity index (χ3n) is 3.98. The second-order valence-electron chi connectivity index (χ2n) is 5.91. The Morgan fingerprint density at radius 2 is 1.85 bits per heavy atom. The van der Waals surface area contributed by atoms with Crippen LogP contribution >= 0.6 is 11.8 Å². The summed E-state index contributed by atoms with van der Waals surface area (Å²) in [4.78, 5) is 41.4. The zero-order chi connectivity index (χ0) is 18.4. The van der Waals surface area contributed by atoms with E-state index in [4.69, 9.17) is 0 Å². The molecule has 2 aromatic rings. The van der Waals surface area contributed by atoms with Crippen molar-refractivity contribution >= 4 is 35.2 Å². The van der Waals surface area contributed by atoms with E-state index < -0.39 is 0 Å². The van der Waals surface area contributed by atoms with Crippen molar-refractivity contribution in [2.75, 3.05) is 11.9 Å². The largest absolute Gasteiger partial charge is 0.326 e. The molecule has 26 heavy (non-hydrogen) atoms. The molecule has 1 aliphatic heterocycles. The molecule has 2 heterocycles. The van der Waals surface area contributed by atoms with Crippen molar-refractivity contribution in [3.63, 3.8) is 0 Å². The smallest absolute Gasteiger partial charge is 0.229 e. The lowest BCUT2D eigenvalue weighted by Gasteiger charge is -2.13. The van der Waals surface area contributed by atoms with Crippen LogP contribution in [0.1, 0.15) is 24.8 Å². The van der Waals surface area contributed by atoms with Gasteiger partial charge in [-0.3, -0.25) is 24.3 Å². The monoisotopic (exact) mass is 369 g/mol. The second-order valence-corrected chi connectivity index (χ2v) is 6.96. The summed E-state index contributed by atoms with van der Waals surface area (Å²) in [6, 6.07) is 11.5. The molecule has 0 spiro atoms. The first kappa shape index (κ1) is 18.1. The molecule has 0 unspecified atom stereocenters. The Balaban J connectivity index is 1.45. The van der Waals surface area contributed by atoms with Crippen LogP contribution in [0.15, 0.2) is 53.7 Å². The van der Waals surface area contributed by atoms with Crippen LogP contribution in [0, 0.1) is 0 Å². The van der Waals surface area contributed by atoms with E-state index in [1.54, 1.807) is 18.0 Å². The van der Waals surface area contributed by atoms with Crippen molar-refractivity contribution in [2.45, 2.75) is 29.9 Å². The van der Waals surface area contributed by atoms with Gasteiger partial charge in [0.25, 0.3) is 0 Å². The lowest BCUT2D eigenvalue weighted by atomic mass is 10.3. The van der Waals surface area contributed by atoms with E-state index in [1.807, 2.05) is 42.6 Å². The minimum absolute atomic E-state index is 0.106. The molecule has 6 nitrogen and oxygen atoms in total. The third-order valence-corrected chi connectivity index (χ3v) is 5.07. The van der Waals surface area contributed by atoms with Gasteiger partial charge in [-0.25, -0.2) is 0 Å². The average Bonchev–Trinajstić information content (AvgIpc) is 2.98. The number of nitrogens with one attached hydrogen (secondary N) is 1. The predicted molar refractivity (Wildman–Crippen MR) is 99.4 cm³/mol. The number of imide groups is 1. The number of benzene rings is 1. The van der Waals surface area contributed by atoms with Gasteiger partial charge in [-0.2, -0.15) is 0 Å². The standard InChI is InChI=1S/C19H19N3O3S/c23-17(9-11-22-18(24)7-8-19(22)25)21-15-3-5-16(6-4-15)26-13-14-2-1-10-20-12-14/h1-6,10,12H,7-9,11,13H2,(H,21,23). The van der Waals surface area contributed by atoms with E-state index >= 15 is 0 Å². The summed E-state index contributed by atoms with van der Waals surface area (Å²) >= 11 is 1.69. The van der Waals surface area contributed by atoms with Crippen molar-refractivity contribution in [3.05, 3.63) is 54.4 Å². The molecule has 134 valence electrons. The van der Waals surface area contributed by atoms with Crippen LogP contribution in [0.3, 0.4) is 0 Å². The summed E-state index contributed by atoms with van der Waals surface area (Å²) in [5, 5.41) is 2.79. The number of rotatable bonds is 7. The molecule has 0 radical (unpaired) electrons. The molecule has 1 saturated heterocycles. The van der Waals surface area contributed by atoms with Crippen LogP contribution < -0.4 is 5.32 Å². The highest BCUT2D eigenvalue weighted by Crippen LogP contribution is 2.24. The fraction of sp³-hybridized carbons (Fsp3) is 0.263. The SMILES string of the molecule is O=C(CCN1C(=O)CCC1=O)Nc1ccc(SCc2cccnc2)cc1. The third kappa shape index (κ3) is 4.92. The lowest BCUT2D eigenvalue weighted by Crippen LogP contribution is -2.32. The summed E-state index contributed by atoms with van der Waals surface area (Å²) in [6.07, 6.45) is 4.20. The number of hydrogen-bond donors (Lipinski definition) is 1. The van der Waals surface area contributed by atoms with Crippen LogP contribution in [-0.2, 0) is 20.1 Å². The quantitative estimate of drug-likeness (QED) is 0.600. The number of amides is 3. The Bertz CT molecular complexity index is 777. The fourth-order valence-corrected chi connectivity index (χ4v) is 3.43. The average molecular weight is 369 g/mol. The normalized spacial score (nSPS) is 13.9. The number of nitrogens with zero attached hydrogens (tertiary/aromatic N) is 2. The number of carbonyl (C=O) groups excluding carboxylic acids is 3. The predicted octanol–water partition coefficient (Wildman–Crippen LogP) is 2.85. The maximum Gasteiger partial charge on any atom is 0.229 e. The van der Waals surface area contributed by atoms with Crippen LogP contribution in [0.25, 0.3) is 0 Å². The molecule has 0 saturated carbocycles. The van der Waals surface area contributed by atoms with Crippen molar-refractivity contribution in [1.82, 2.24) is 9.88 Å². The van der Waals surface area contributed by atoms with Gasteiger partial charge < -0.3 is 5.32 Å². The van der Waals surface area contributed by atoms with Gasteiger partial charge in [0.15, 0.2) is 0 Å². The van der Waals surface area contributed by atoms with Crippen molar-refractivity contribution < 1.29 is 14.4 Å². The molecule has 7 heteroatoms. The van der Waals surface area contributed by atoms with Gasteiger partial charge in [-0.05, 0) is 35.9 Å². The molecule has 1 fully saturated rings. The van der Waals surface area contributed by atoms with E-state index in [1.165, 1.54) is 0 Å². The Morgan fingerprint density at radius 1 is 1.12 bits per heavy atom. The Labute approximate surface area is 156 Å². The summed E-state index contributed by atoms with van der Waals surface area (Å²) in [5.41, 5.74) is 1.85. The minimum atomic E-state index is -0.215. The molecule has 0 atom stereocenters. The Kier molecular flexibility index (Phi) is 6.01. The van der Waals surface area contributed by atoms with E-state index in [9.17, 15) is 14.4 Å². The molecule has 1 aromatic heterocycles. The molecular weight excluding hydrogens is 350 g/mol. The highest BCUT2D eigenvalue weighted by Gasteiger charge is 2.28. The first-order chi connectivity index (χ1) is 12.6. The maximum atomic E-state index is 12.0. The van der Waals surface area contributed by atoms with Crippen LogP contribution in [0.5, 0.6) is 0 Å². The Morgan fingerprint density at radius 3 is 2.50 bits per heavy atom. The maximum absolute atomic E-state index is 12.0. The number of hydrogen-bond acceptors (Lipinski definition) is 5. The first-order valence-electron chi connectivity index (χ1n) is 8.36. The van der Waals surface area contributed by atoms with Crippen molar-refractivity contribution in [2.24, 2.45) is 0 Å². The summed E-state index contributed by atoms with van der Waals surface area (Å²) in [6.45, 7) is 0.141. The second kappa shape index (κ2) is 8.62. The van der Waals surface area contributed by atoms with Crippen molar-refractivity contribution in [3.8, 4) is 0 Å². The summed E-state index contributed by atoms with van der Waals surface area (Å²) in [5.74, 6) is 0.223. The van der Waals surface area contributed by atoms with Gasteiger partial charge in [0, 0.05) is 54.5 Å². The van der Waals surface area contributed by atoms with E-state index in [0.717, 1.165) is 21.1 Å². The first-order valence-corrected chi connectivity index (χ1v) is 9.35. The number of thioether (sulfide) groups is 1. The van der Waals surface area contributed by atoms with E-state index in [-0.39, 0.29) is 43.5 Å². The molecule has 1 N–H and O–H groups in total. The van der Waals surface area contributed by atoms with Crippen LogP contribution in [-0.4, -0.2) is 34.2 Å². The van der Waals surface area contributed by atoms with E-state index in [0.29, 0.717) is 5.69 Å². The molecular formula is C19H19N3O3S. The fourth-order valence-electron chi connectivity index (χ4n) is 2.59. The molecule has 1 aliphatic rings. The number of anilines is 1.